The van der Waals surface area contributed by atoms with Gasteiger partial charge < -0.3 is 10.1 Å². The number of aliphatic imine (C=N–C) groups is 1. The number of morpholine rings is 1. The average Bonchev–Trinajstić information content (AvgIpc) is 3.60. The number of hydrogen-bond acceptors (Lipinski definition) is 5. The summed E-state index contributed by atoms with van der Waals surface area (Å²) in [6.45, 7) is 11.8. The first-order valence-electron chi connectivity index (χ1n) is 10.6. The average molecular weight is 419 g/mol. The molecule has 6 nitrogen and oxygen atoms in total. The van der Waals surface area contributed by atoms with Gasteiger partial charge in [-0.2, -0.15) is 0 Å². The number of nitrogens with one attached hydrogen (secondary N) is 1. The second kappa shape index (κ2) is 9.81. The van der Waals surface area contributed by atoms with E-state index in [-0.39, 0.29) is 19.2 Å². The van der Waals surface area contributed by atoms with Crippen molar-refractivity contribution in [1.82, 2.24) is 9.88 Å². The third kappa shape index (κ3) is 5.34. The Labute approximate surface area is 184 Å². The zero-order valence-corrected chi connectivity index (χ0v) is 17.7. The van der Waals surface area contributed by atoms with Crippen LogP contribution < -0.4 is 5.32 Å². The number of aromatic nitrogens is 1. The van der Waals surface area contributed by atoms with Gasteiger partial charge in [0.1, 0.15) is 5.82 Å². The summed E-state index contributed by atoms with van der Waals surface area (Å²) in [5, 5.41) is 2.91. The zero-order chi connectivity index (χ0) is 21.6. The van der Waals surface area contributed by atoms with Crippen LogP contribution in [0.1, 0.15) is 13.4 Å². The summed E-state index contributed by atoms with van der Waals surface area (Å²) in [5.41, 5.74) is 4.23. The monoisotopic (exact) mass is 418 g/mol. The van der Waals surface area contributed by atoms with Crippen molar-refractivity contribution in [1.29, 1.82) is 0 Å². The molecule has 2 fully saturated rings. The zero-order valence-electron chi connectivity index (χ0n) is 17.7. The maximum absolute atomic E-state index is 12.5. The molecule has 2 heterocycles. The van der Waals surface area contributed by atoms with Gasteiger partial charge in [-0.25, -0.2) is 4.98 Å². The van der Waals surface area contributed by atoms with Gasteiger partial charge in [-0.05, 0) is 42.5 Å². The maximum Gasteiger partial charge on any atom is 0.229 e. The first-order valence-corrected chi connectivity index (χ1v) is 10.6. The summed E-state index contributed by atoms with van der Waals surface area (Å²) in [5.74, 6) is 0.559. The van der Waals surface area contributed by atoms with Crippen molar-refractivity contribution in [2.24, 2.45) is 16.8 Å². The Hall–Kier alpha value is -3.09. The lowest BCUT2D eigenvalue weighted by Gasteiger charge is -2.26. The van der Waals surface area contributed by atoms with Crippen LogP contribution in [0.25, 0.3) is 11.1 Å². The van der Waals surface area contributed by atoms with Gasteiger partial charge >= 0.3 is 0 Å². The number of benzene rings is 1. The van der Waals surface area contributed by atoms with Crippen molar-refractivity contribution >= 4 is 18.4 Å². The summed E-state index contributed by atoms with van der Waals surface area (Å²) in [6, 6.07) is 12.4. The minimum atomic E-state index is -0.0859. The molecule has 2 aromatic rings. The molecule has 1 amide bonds. The van der Waals surface area contributed by atoms with Crippen molar-refractivity contribution in [3.63, 3.8) is 0 Å². The third-order valence-electron chi connectivity index (χ3n) is 5.79. The number of pyridine rings is 1. The van der Waals surface area contributed by atoms with Gasteiger partial charge in [0.05, 0.1) is 13.2 Å². The van der Waals surface area contributed by atoms with Gasteiger partial charge in [-0.15, -0.1) is 0 Å². The predicted molar refractivity (Wildman–Crippen MR) is 126 cm³/mol. The SMILES string of the molecule is C=C/C=C(\N=C)C1CC1C(=O)Nc1ccc(-c2ccc(CN3CCOCC3)cc2)cn1.[HH]. The molecule has 0 spiro atoms. The third-order valence-corrected chi connectivity index (χ3v) is 5.79. The first-order chi connectivity index (χ1) is 15.2. The number of carbonyl (C=O) groups is 1. The van der Waals surface area contributed by atoms with Crippen molar-refractivity contribution in [2.45, 2.75) is 13.0 Å². The quantitative estimate of drug-likeness (QED) is 0.516. The van der Waals surface area contributed by atoms with Gasteiger partial charge in [-0.3, -0.25) is 14.7 Å². The molecule has 162 valence electrons. The Kier molecular flexibility index (Phi) is 6.70. The lowest BCUT2D eigenvalue weighted by atomic mass is 10.1. The first kappa shape index (κ1) is 21.2. The van der Waals surface area contributed by atoms with E-state index in [4.69, 9.17) is 4.74 Å². The molecule has 31 heavy (non-hydrogen) atoms. The number of anilines is 1. The van der Waals surface area contributed by atoms with E-state index in [1.54, 1.807) is 12.3 Å². The van der Waals surface area contributed by atoms with E-state index in [0.29, 0.717) is 5.82 Å². The van der Waals surface area contributed by atoms with Crippen LogP contribution in [-0.2, 0) is 16.1 Å². The number of carbonyl (C=O) groups excluding carboxylic acids is 1. The van der Waals surface area contributed by atoms with Crippen molar-refractivity contribution in [3.8, 4) is 11.1 Å². The molecular weight excluding hydrogens is 388 g/mol. The van der Waals surface area contributed by atoms with E-state index < -0.39 is 0 Å². The summed E-state index contributed by atoms with van der Waals surface area (Å²) >= 11 is 0. The van der Waals surface area contributed by atoms with Crippen LogP contribution >= 0.6 is 0 Å². The van der Waals surface area contributed by atoms with E-state index in [2.05, 4.69) is 57.8 Å². The lowest BCUT2D eigenvalue weighted by molar-refractivity contribution is -0.117. The fourth-order valence-corrected chi connectivity index (χ4v) is 3.90. The molecule has 6 heteroatoms. The Balaban J connectivity index is 0.00000289. The Morgan fingerprint density at radius 3 is 2.58 bits per heavy atom. The van der Waals surface area contributed by atoms with E-state index in [1.807, 2.05) is 18.2 Å². The number of hydrogen-bond donors (Lipinski definition) is 1. The summed E-state index contributed by atoms with van der Waals surface area (Å²) in [7, 11) is 0. The second-order valence-electron chi connectivity index (χ2n) is 7.94. The highest BCUT2D eigenvalue weighted by molar-refractivity contribution is 5.94. The Bertz CT molecular complexity index is 966. The molecule has 0 radical (unpaired) electrons. The summed E-state index contributed by atoms with van der Waals surface area (Å²) < 4.78 is 5.41. The van der Waals surface area contributed by atoms with Crippen molar-refractivity contribution < 1.29 is 11.0 Å². The van der Waals surface area contributed by atoms with Gasteiger partial charge in [0, 0.05) is 50.4 Å². The molecule has 2 unspecified atom stereocenters. The van der Waals surface area contributed by atoms with E-state index in [9.17, 15) is 4.79 Å². The lowest BCUT2D eigenvalue weighted by Crippen LogP contribution is -2.35. The molecule has 2 aliphatic rings. The molecule has 2 atom stereocenters. The molecule has 1 aliphatic carbocycles. The number of allylic oxidation sites excluding steroid dienone is 3. The number of nitrogens with zero attached hydrogens (tertiary/aromatic N) is 3. The smallest absolute Gasteiger partial charge is 0.229 e. The number of amides is 1. The van der Waals surface area contributed by atoms with Crippen LogP contribution in [0, 0.1) is 11.8 Å². The van der Waals surface area contributed by atoms with Gasteiger partial charge in [0.2, 0.25) is 5.91 Å². The largest absolute Gasteiger partial charge is 0.379 e. The highest BCUT2D eigenvalue weighted by Crippen LogP contribution is 2.45. The van der Waals surface area contributed by atoms with Crippen LogP contribution in [-0.4, -0.2) is 48.8 Å². The molecule has 1 saturated heterocycles. The topological polar surface area (TPSA) is 66.8 Å². The van der Waals surface area contributed by atoms with Crippen LogP contribution in [0.5, 0.6) is 0 Å². The fourth-order valence-electron chi connectivity index (χ4n) is 3.90. The molecule has 0 bridgehead atoms. The van der Waals surface area contributed by atoms with Crippen molar-refractivity contribution in [2.75, 3.05) is 31.6 Å². The van der Waals surface area contributed by atoms with Crippen LogP contribution in [0.3, 0.4) is 0 Å². The van der Waals surface area contributed by atoms with E-state index in [1.165, 1.54) is 5.56 Å². The summed E-state index contributed by atoms with van der Waals surface area (Å²) in [4.78, 5) is 23.3. The maximum atomic E-state index is 12.5. The minimum Gasteiger partial charge on any atom is -0.379 e. The van der Waals surface area contributed by atoms with Crippen LogP contribution in [0.4, 0.5) is 5.82 Å². The molecular formula is C25H30N4O2. The number of ether oxygens (including phenoxy) is 1. The Morgan fingerprint density at radius 2 is 1.94 bits per heavy atom. The standard InChI is InChI=1S/C25H28N4O2.H2/c1-3-4-23(26-2)21-15-22(21)25(30)28-24-10-9-20(16-27-24)19-7-5-18(6-8-19)17-29-11-13-31-14-12-29;/h3-10,16,21-22H,1-2,11-15,17H2,(H,27,28,30);1H/b23-4-;. The molecule has 1 aromatic carbocycles. The normalized spacial score (nSPS) is 21.4. The number of rotatable bonds is 8. The molecule has 1 saturated carbocycles. The van der Waals surface area contributed by atoms with Crippen molar-refractivity contribution in [3.05, 3.63) is 72.6 Å². The molecule has 1 aliphatic heterocycles. The van der Waals surface area contributed by atoms with Gasteiger partial charge in [0.15, 0.2) is 0 Å². The van der Waals surface area contributed by atoms with Gasteiger partial charge in [0.25, 0.3) is 0 Å². The highest BCUT2D eigenvalue weighted by atomic mass is 16.5. The van der Waals surface area contributed by atoms with Crippen LogP contribution in [0.2, 0.25) is 0 Å². The summed E-state index contributed by atoms with van der Waals surface area (Å²) in [6.07, 6.45) is 6.06. The predicted octanol–water partition coefficient (Wildman–Crippen LogP) is 4.17. The molecule has 1 aromatic heterocycles. The molecule has 4 rings (SSSR count). The van der Waals surface area contributed by atoms with E-state index >= 15 is 0 Å². The minimum absolute atomic E-state index is 0. The Morgan fingerprint density at radius 1 is 1.19 bits per heavy atom. The molecule has 1 N–H and O–H groups in total. The van der Waals surface area contributed by atoms with Gasteiger partial charge in [-0.1, -0.05) is 36.9 Å². The fraction of sp³-hybridized carbons (Fsp3) is 0.320. The highest BCUT2D eigenvalue weighted by Gasteiger charge is 2.45. The van der Waals surface area contributed by atoms with E-state index in [0.717, 1.165) is 56.1 Å². The van der Waals surface area contributed by atoms with Crippen LogP contribution in [0.15, 0.2) is 72.0 Å². The second-order valence-corrected chi connectivity index (χ2v) is 7.94.